The van der Waals surface area contributed by atoms with E-state index in [1.54, 1.807) is 0 Å². The van der Waals surface area contributed by atoms with Crippen molar-refractivity contribution < 1.29 is 27.1 Å². The van der Waals surface area contributed by atoms with E-state index in [2.05, 4.69) is 0 Å². The molecule has 0 aliphatic carbocycles. The molecule has 8 heteroatoms. The van der Waals surface area contributed by atoms with Crippen molar-refractivity contribution in [3.63, 3.8) is 0 Å². The van der Waals surface area contributed by atoms with E-state index in [0.717, 1.165) is 25.0 Å². The van der Waals surface area contributed by atoms with Crippen LogP contribution in [0.2, 0.25) is 0 Å². The Kier molecular flexibility index (Phi) is 4.85. The Morgan fingerprint density at radius 1 is 1.52 bits per heavy atom. The number of rotatable bonds is 4. The molecule has 1 unspecified atom stereocenters. The van der Waals surface area contributed by atoms with Crippen molar-refractivity contribution in [3.05, 3.63) is 29.1 Å². The van der Waals surface area contributed by atoms with Gasteiger partial charge in [-0.25, -0.2) is 17.6 Å². The summed E-state index contributed by atoms with van der Waals surface area (Å²) >= 11 is 0. The maximum atomic E-state index is 13.5. The molecule has 0 spiro atoms. The van der Waals surface area contributed by atoms with E-state index in [4.69, 9.17) is 20.2 Å². The lowest BCUT2D eigenvalue weighted by atomic mass is 10.1. The highest BCUT2D eigenvalue weighted by Crippen LogP contribution is 2.25. The lowest BCUT2D eigenvalue weighted by Gasteiger charge is -2.12. The van der Waals surface area contributed by atoms with E-state index in [0.29, 0.717) is 6.61 Å². The molecule has 1 aliphatic rings. The Morgan fingerprint density at radius 2 is 2.24 bits per heavy atom. The van der Waals surface area contributed by atoms with Gasteiger partial charge in [-0.1, -0.05) is 0 Å². The van der Waals surface area contributed by atoms with Crippen LogP contribution in [0, 0.1) is 12.7 Å². The fraction of sp³-hybridized carbons (Fsp3) is 0.462. The molecule has 1 aromatic carbocycles. The topological polar surface area (TPSA) is 69.7 Å². The molecular weight excluding hydrogens is 323 g/mol. The van der Waals surface area contributed by atoms with Gasteiger partial charge in [-0.2, -0.15) is 0 Å². The molecule has 0 N–H and O–H groups in total. The molecule has 1 aromatic rings. The van der Waals surface area contributed by atoms with Crippen LogP contribution in [-0.2, 0) is 18.5 Å². The van der Waals surface area contributed by atoms with Crippen molar-refractivity contribution in [2.24, 2.45) is 0 Å². The second-order valence-corrected chi connectivity index (χ2v) is 7.28. The molecule has 21 heavy (non-hydrogen) atoms. The van der Waals surface area contributed by atoms with E-state index in [1.165, 1.54) is 6.92 Å². The van der Waals surface area contributed by atoms with Gasteiger partial charge in [0.25, 0.3) is 9.05 Å². The van der Waals surface area contributed by atoms with Gasteiger partial charge in [0.1, 0.15) is 12.4 Å². The smallest absolute Gasteiger partial charge is 0.338 e. The molecule has 0 aromatic heterocycles. The Bertz CT molecular complexity index is 653. The minimum atomic E-state index is -4.14. The Labute approximate surface area is 126 Å². The third kappa shape index (κ3) is 3.93. The summed E-state index contributed by atoms with van der Waals surface area (Å²) in [5.41, 5.74) is -0.101. The van der Waals surface area contributed by atoms with Crippen LogP contribution in [-0.4, -0.2) is 33.7 Å². The largest absolute Gasteiger partial charge is 0.459 e. The van der Waals surface area contributed by atoms with Crippen LogP contribution in [0.1, 0.15) is 28.8 Å². The van der Waals surface area contributed by atoms with Crippen LogP contribution < -0.4 is 0 Å². The van der Waals surface area contributed by atoms with Gasteiger partial charge in [0.2, 0.25) is 0 Å². The highest BCUT2D eigenvalue weighted by atomic mass is 35.7. The number of esters is 1. The van der Waals surface area contributed by atoms with E-state index < -0.39 is 25.7 Å². The van der Waals surface area contributed by atoms with Gasteiger partial charge in [-0.05, 0) is 37.5 Å². The first-order valence-corrected chi connectivity index (χ1v) is 8.63. The number of ether oxygens (including phenoxy) is 2. The van der Waals surface area contributed by atoms with E-state index in [-0.39, 0.29) is 23.8 Å². The number of hydrogen-bond donors (Lipinski definition) is 0. The summed E-state index contributed by atoms with van der Waals surface area (Å²) in [5.74, 6) is -1.67. The number of benzene rings is 1. The van der Waals surface area contributed by atoms with E-state index in [1.807, 2.05) is 0 Å². The molecule has 0 radical (unpaired) electrons. The SMILES string of the molecule is Cc1c(C(=O)OCC2CCCO2)cc(F)cc1S(=O)(=O)Cl. The van der Waals surface area contributed by atoms with Crippen molar-refractivity contribution >= 4 is 25.7 Å². The van der Waals surface area contributed by atoms with Gasteiger partial charge < -0.3 is 9.47 Å². The second-order valence-electron chi connectivity index (χ2n) is 4.75. The van der Waals surface area contributed by atoms with Crippen LogP contribution >= 0.6 is 10.7 Å². The summed E-state index contributed by atoms with van der Waals surface area (Å²) in [7, 11) is 1.08. The van der Waals surface area contributed by atoms with Crippen molar-refractivity contribution in [2.45, 2.75) is 30.8 Å². The lowest BCUT2D eigenvalue weighted by molar-refractivity contribution is 0.0160. The highest BCUT2D eigenvalue weighted by molar-refractivity contribution is 8.13. The molecule has 5 nitrogen and oxygen atoms in total. The molecule has 0 saturated carbocycles. The summed E-state index contributed by atoms with van der Waals surface area (Å²) in [5, 5.41) is 0. The van der Waals surface area contributed by atoms with Crippen molar-refractivity contribution in [3.8, 4) is 0 Å². The predicted molar refractivity (Wildman–Crippen MR) is 73.4 cm³/mol. The molecular formula is C13H14ClFO5S. The van der Waals surface area contributed by atoms with Gasteiger partial charge in [0.15, 0.2) is 0 Å². The quantitative estimate of drug-likeness (QED) is 0.623. The first-order chi connectivity index (χ1) is 9.79. The van der Waals surface area contributed by atoms with Crippen molar-refractivity contribution in [2.75, 3.05) is 13.2 Å². The summed E-state index contributed by atoms with van der Waals surface area (Å²) in [6, 6.07) is 1.70. The summed E-state index contributed by atoms with van der Waals surface area (Å²) in [4.78, 5) is 11.5. The molecule has 1 heterocycles. The van der Waals surface area contributed by atoms with Gasteiger partial charge in [-0.3, -0.25) is 0 Å². The third-order valence-electron chi connectivity index (χ3n) is 3.23. The van der Waals surface area contributed by atoms with Crippen molar-refractivity contribution in [1.82, 2.24) is 0 Å². The maximum absolute atomic E-state index is 13.5. The number of carbonyl (C=O) groups is 1. The molecule has 2 rings (SSSR count). The molecule has 1 aliphatic heterocycles. The van der Waals surface area contributed by atoms with Crippen molar-refractivity contribution in [1.29, 1.82) is 0 Å². The number of halogens is 2. The first kappa shape index (κ1) is 16.2. The van der Waals surface area contributed by atoms with Crippen LogP contribution in [0.15, 0.2) is 17.0 Å². The van der Waals surface area contributed by atoms with Crippen LogP contribution in [0.5, 0.6) is 0 Å². The fourth-order valence-electron chi connectivity index (χ4n) is 2.14. The Morgan fingerprint density at radius 3 is 2.81 bits per heavy atom. The monoisotopic (exact) mass is 336 g/mol. The second kappa shape index (κ2) is 6.29. The zero-order valence-corrected chi connectivity index (χ0v) is 12.8. The molecule has 1 atom stereocenters. The zero-order chi connectivity index (χ0) is 15.6. The van der Waals surface area contributed by atoms with Gasteiger partial charge in [0.05, 0.1) is 16.6 Å². The average molecular weight is 337 g/mol. The third-order valence-corrected chi connectivity index (χ3v) is 4.68. The number of carbonyl (C=O) groups excluding carboxylic acids is 1. The lowest BCUT2D eigenvalue weighted by Crippen LogP contribution is -2.19. The molecule has 0 bridgehead atoms. The fourth-order valence-corrected chi connectivity index (χ4v) is 3.35. The minimum Gasteiger partial charge on any atom is -0.459 e. The van der Waals surface area contributed by atoms with Gasteiger partial charge >= 0.3 is 5.97 Å². The molecule has 0 amide bonds. The van der Waals surface area contributed by atoms with Crippen LogP contribution in [0.4, 0.5) is 4.39 Å². The molecule has 1 saturated heterocycles. The highest BCUT2D eigenvalue weighted by Gasteiger charge is 2.23. The standard InChI is InChI=1S/C13H14ClFO5S/c1-8-11(5-9(15)6-12(8)21(14,17)18)13(16)20-7-10-3-2-4-19-10/h5-6,10H,2-4,7H2,1H3. The Hall–Kier alpha value is -1.18. The van der Waals surface area contributed by atoms with E-state index >= 15 is 0 Å². The average Bonchev–Trinajstić information content (AvgIpc) is 2.90. The molecule has 1 fully saturated rings. The maximum Gasteiger partial charge on any atom is 0.338 e. The zero-order valence-electron chi connectivity index (χ0n) is 11.3. The normalized spacial score (nSPS) is 18.7. The van der Waals surface area contributed by atoms with Crippen LogP contribution in [0.3, 0.4) is 0 Å². The summed E-state index contributed by atoms with van der Waals surface area (Å²) < 4.78 is 46.6. The summed E-state index contributed by atoms with van der Waals surface area (Å²) in [6.45, 7) is 2.05. The van der Waals surface area contributed by atoms with Gasteiger partial charge in [-0.15, -0.1) is 0 Å². The molecule has 116 valence electrons. The first-order valence-electron chi connectivity index (χ1n) is 6.32. The summed E-state index contributed by atoms with van der Waals surface area (Å²) in [6.07, 6.45) is 1.52. The predicted octanol–water partition coefficient (Wildman–Crippen LogP) is 2.40. The van der Waals surface area contributed by atoms with Gasteiger partial charge in [0, 0.05) is 17.3 Å². The number of hydrogen-bond acceptors (Lipinski definition) is 5. The minimum absolute atomic E-state index is 0.0533. The Balaban J connectivity index is 2.22. The van der Waals surface area contributed by atoms with Crippen LogP contribution in [0.25, 0.3) is 0 Å². The van der Waals surface area contributed by atoms with E-state index in [9.17, 15) is 17.6 Å².